The Labute approximate surface area is 311 Å². The minimum atomic E-state index is 0.704. The molecule has 0 spiro atoms. The van der Waals surface area contributed by atoms with E-state index in [0.717, 1.165) is 50.2 Å². The zero-order chi connectivity index (χ0) is 35.6. The van der Waals surface area contributed by atoms with E-state index in [1.807, 2.05) is 12.1 Å². The van der Waals surface area contributed by atoms with Crippen LogP contribution in [0.25, 0.3) is 99.7 Å². The van der Waals surface area contributed by atoms with Crippen LogP contribution in [0.15, 0.2) is 194 Å². The second kappa shape index (κ2) is 12.1. The van der Waals surface area contributed by atoms with Crippen LogP contribution in [0.4, 0.5) is 0 Å². The molecule has 0 N–H and O–H groups in total. The Bertz CT molecular complexity index is 3140. The molecule has 0 aliphatic rings. The van der Waals surface area contributed by atoms with E-state index in [0.29, 0.717) is 5.82 Å². The molecule has 0 amide bonds. The number of aromatic nitrogens is 4. The van der Waals surface area contributed by atoms with Gasteiger partial charge in [0.15, 0.2) is 5.82 Å². The van der Waals surface area contributed by atoms with E-state index in [4.69, 9.17) is 9.97 Å². The van der Waals surface area contributed by atoms with E-state index in [-0.39, 0.29) is 0 Å². The van der Waals surface area contributed by atoms with Crippen molar-refractivity contribution < 1.29 is 0 Å². The molecule has 0 fully saturated rings. The standard InChI is InChI=1S/C50H32N4/c1-4-14-34(15-5-1)43-32-44(35-16-6-2-7-17-35)52-50(51-43)36-25-24-33-26-27-39(31-37(33)30-36)53-46-23-13-11-21-42(46)48-47(53)29-28-41-40-20-10-12-22-45(40)54(49(41)48)38-18-8-3-9-19-38/h1-32H. The summed E-state index contributed by atoms with van der Waals surface area (Å²) in [6.07, 6.45) is 0. The molecule has 4 nitrogen and oxygen atoms in total. The molecule has 0 bridgehead atoms. The van der Waals surface area contributed by atoms with Gasteiger partial charge in [-0.15, -0.1) is 0 Å². The summed E-state index contributed by atoms with van der Waals surface area (Å²) < 4.78 is 4.85. The summed E-state index contributed by atoms with van der Waals surface area (Å²) in [5.41, 5.74) is 11.9. The van der Waals surface area contributed by atoms with E-state index < -0.39 is 0 Å². The summed E-state index contributed by atoms with van der Waals surface area (Å²) in [6.45, 7) is 0. The summed E-state index contributed by atoms with van der Waals surface area (Å²) in [6, 6.07) is 69.0. The number of hydrogen-bond donors (Lipinski definition) is 0. The predicted octanol–water partition coefficient (Wildman–Crippen LogP) is 12.8. The van der Waals surface area contributed by atoms with Crippen LogP contribution in [-0.4, -0.2) is 19.1 Å². The molecular formula is C50H32N4. The molecule has 54 heavy (non-hydrogen) atoms. The van der Waals surface area contributed by atoms with Gasteiger partial charge < -0.3 is 9.13 Å². The highest BCUT2D eigenvalue weighted by molar-refractivity contribution is 6.26. The Morgan fingerprint density at radius 3 is 1.63 bits per heavy atom. The van der Waals surface area contributed by atoms with Gasteiger partial charge in [0.05, 0.1) is 33.5 Å². The SMILES string of the molecule is c1ccc(-c2cc(-c3ccccc3)nc(-c3ccc4ccc(-n5c6ccccc6c6c5ccc5c7ccccc7n(-c7ccccc7)c56)cc4c3)n2)cc1. The third kappa shape index (κ3) is 4.78. The molecule has 0 saturated carbocycles. The van der Waals surface area contributed by atoms with Crippen molar-refractivity contribution in [3.8, 4) is 45.3 Å². The maximum Gasteiger partial charge on any atom is 0.160 e. The van der Waals surface area contributed by atoms with E-state index in [1.54, 1.807) is 0 Å². The quantitative estimate of drug-likeness (QED) is 0.180. The number of nitrogens with zero attached hydrogens (tertiary/aromatic N) is 4. The number of para-hydroxylation sites is 3. The van der Waals surface area contributed by atoms with E-state index in [2.05, 4.69) is 191 Å². The van der Waals surface area contributed by atoms with Gasteiger partial charge in [-0.25, -0.2) is 9.97 Å². The highest BCUT2D eigenvalue weighted by Crippen LogP contribution is 2.42. The van der Waals surface area contributed by atoms with Crippen LogP contribution in [0.5, 0.6) is 0 Å². The molecule has 0 aliphatic heterocycles. The fraction of sp³-hybridized carbons (Fsp3) is 0. The third-order valence-electron chi connectivity index (χ3n) is 10.7. The largest absolute Gasteiger partial charge is 0.309 e. The van der Waals surface area contributed by atoms with Crippen molar-refractivity contribution in [1.29, 1.82) is 0 Å². The molecule has 11 aromatic rings. The van der Waals surface area contributed by atoms with E-state index >= 15 is 0 Å². The highest BCUT2D eigenvalue weighted by Gasteiger charge is 2.21. The molecule has 0 radical (unpaired) electrons. The first-order chi connectivity index (χ1) is 26.8. The Kier molecular flexibility index (Phi) is 6.82. The molecule has 0 atom stereocenters. The lowest BCUT2D eigenvalue weighted by Crippen LogP contribution is -1.97. The Hall–Kier alpha value is -7.30. The minimum Gasteiger partial charge on any atom is -0.309 e. The van der Waals surface area contributed by atoms with Crippen LogP contribution in [-0.2, 0) is 0 Å². The zero-order valence-corrected chi connectivity index (χ0v) is 29.3. The summed E-state index contributed by atoms with van der Waals surface area (Å²) >= 11 is 0. The van der Waals surface area contributed by atoms with Crippen LogP contribution < -0.4 is 0 Å². The molecule has 0 aliphatic carbocycles. The van der Waals surface area contributed by atoms with E-state index in [1.165, 1.54) is 43.6 Å². The van der Waals surface area contributed by atoms with Gasteiger partial charge in [0.2, 0.25) is 0 Å². The van der Waals surface area contributed by atoms with Crippen LogP contribution in [0, 0.1) is 0 Å². The number of hydrogen-bond acceptors (Lipinski definition) is 2. The Morgan fingerprint density at radius 2 is 0.926 bits per heavy atom. The van der Waals surface area contributed by atoms with Crippen LogP contribution in [0.3, 0.4) is 0 Å². The third-order valence-corrected chi connectivity index (χ3v) is 10.7. The average Bonchev–Trinajstić information content (AvgIpc) is 3.77. The topological polar surface area (TPSA) is 35.6 Å². The monoisotopic (exact) mass is 688 g/mol. The summed E-state index contributed by atoms with van der Waals surface area (Å²) in [4.78, 5) is 10.2. The first kappa shape index (κ1) is 30.3. The molecule has 3 aromatic heterocycles. The van der Waals surface area contributed by atoms with Gasteiger partial charge in [0, 0.05) is 49.6 Å². The highest BCUT2D eigenvalue weighted by atomic mass is 15.0. The lowest BCUT2D eigenvalue weighted by atomic mass is 10.0. The van der Waals surface area contributed by atoms with Gasteiger partial charge in [-0.1, -0.05) is 140 Å². The summed E-state index contributed by atoms with van der Waals surface area (Å²) in [5.74, 6) is 0.704. The van der Waals surface area contributed by atoms with Crippen LogP contribution >= 0.6 is 0 Å². The number of rotatable bonds is 5. The average molecular weight is 689 g/mol. The van der Waals surface area contributed by atoms with Gasteiger partial charge in [-0.3, -0.25) is 0 Å². The molecule has 252 valence electrons. The number of fused-ring (bicyclic) bond motifs is 8. The maximum absolute atomic E-state index is 5.12. The normalized spacial score (nSPS) is 11.7. The van der Waals surface area contributed by atoms with Crippen molar-refractivity contribution in [3.05, 3.63) is 194 Å². The van der Waals surface area contributed by atoms with Crippen molar-refractivity contribution in [1.82, 2.24) is 19.1 Å². The molecule has 0 unspecified atom stereocenters. The van der Waals surface area contributed by atoms with Crippen LogP contribution in [0.2, 0.25) is 0 Å². The lowest BCUT2D eigenvalue weighted by Gasteiger charge is -2.12. The minimum absolute atomic E-state index is 0.704. The van der Waals surface area contributed by atoms with Crippen molar-refractivity contribution in [2.75, 3.05) is 0 Å². The Balaban J connectivity index is 1.13. The van der Waals surface area contributed by atoms with E-state index in [9.17, 15) is 0 Å². The number of benzene rings is 8. The second-order valence-corrected chi connectivity index (χ2v) is 13.8. The lowest BCUT2D eigenvalue weighted by molar-refractivity contribution is 1.18. The molecule has 11 rings (SSSR count). The molecule has 4 heteroatoms. The van der Waals surface area contributed by atoms with Crippen LogP contribution in [0.1, 0.15) is 0 Å². The van der Waals surface area contributed by atoms with Crippen molar-refractivity contribution in [3.63, 3.8) is 0 Å². The summed E-state index contributed by atoms with van der Waals surface area (Å²) in [5, 5.41) is 7.27. The molecule has 8 aromatic carbocycles. The van der Waals surface area contributed by atoms with Gasteiger partial charge in [0.1, 0.15) is 0 Å². The predicted molar refractivity (Wildman–Crippen MR) is 225 cm³/mol. The molecular weight excluding hydrogens is 657 g/mol. The van der Waals surface area contributed by atoms with Gasteiger partial charge >= 0.3 is 0 Å². The first-order valence-electron chi connectivity index (χ1n) is 18.3. The maximum atomic E-state index is 5.12. The van der Waals surface area contributed by atoms with Crippen molar-refractivity contribution in [2.45, 2.75) is 0 Å². The smallest absolute Gasteiger partial charge is 0.160 e. The molecule has 0 saturated heterocycles. The summed E-state index contributed by atoms with van der Waals surface area (Å²) in [7, 11) is 0. The van der Waals surface area contributed by atoms with Gasteiger partial charge in [-0.2, -0.15) is 0 Å². The fourth-order valence-corrected chi connectivity index (χ4v) is 8.23. The zero-order valence-electron chi connectivity index (χ0n) is 29.3. The van der Waals surface area contributed by atoms with Crippen molar-refractivity contribution in [2.24, 2.45) is 0 Å². The van der Waals surface area contributed by atoms with Crippen molar-refractivity contribution >= 4 is 54.4 Å². The van der Waals surface area contributed by atoms with Gasteiger partial charge in [0.25, 0.3) is 0 Å². The van der Waals surface area contributed by atoms with Gasteiger partial charge in [-0.05, 0) is 65.4 Å². The fourth-order valence-electron chi connectivity index (χ4n) is 8.23. The first-order valence-corrected chi connectivity index (χ1v) is 18.3. The molecule has 3 heterocycles. The Morgan fingerprint density at radius 1 is 0.333 bits per heavy atom. The second-order valence-electron chi connectivity index (χ2n) is 13.8.